The molecule has 0 aliphatic rings. The van der Waals surface area contributed by atoms with Gasteiger partial charge < -0.3 is 5.73 Å². The quantitative estimate of drug-likeness (QED) is 0.597. The van der Waals surface area contributed by atoms with Crippen LogP contribution < -0.4 is 5.73 Å². The van der Waals surface area contributed by atoms with Gasteiger partial charge in [0.15, 0.2) is 0 Å². The Bertz CT molecular complexity index is 328. The Morgan fingerprint density at radius 1 is 1.54 bits per heavy atom. The van der Waals surface area contributed by atoms with Crippen molar-refractivity contribution in [2.75, 3.05) is 6.54 Å². The highest BCUT2D eigenvalue weighted by Crippen LogP contribution is 2.21. The third-order valence-corrected chi connectivity index (χ3v) is 2.02. The molecule has 1 aromatic carbocycles. The number of nitro benzene ring substituents is 1. The van der Waals surface area contributed by atoms with Crippen LogP contribution in [0.15, 0.2) is 18.2 Å². The van der Waals surface area contributed by atoms with Crippen molar-refractivity contribution in [1.29, 1.82) is 0 Å². The number of non-ortho nitro benzene ring substituents is 1. The van der Waals surface area contributed by atoms with Crippen molar-refractivity contribution in [2.45, 2.75) is 6.42 Å². The minimum atomic E-state index is -0.448. The van der Waals surface area contributed by atoms with Crippen molar-refractivity contribution < 1.29 is 4.92 Å². The van der Waals surface area contributed by atoms with Crippen LogP contribution in [-0.4, -0.2) is 11.5 Å². The minimum absolute atomic E-state index is 0.0489. The van der Waals surface area contributed by atoms with E-state index >= 15 is 0 Å². The molecule has 13 heavy (non-hydrogen) atoms. The highest BCUT2D eigenvalue weighted by Gasteiger charge is 2.08. The van der Waals surface area contributed by atoms with Gasteiger partial charge in [0.05, 0.1) is 4.92 Å². The number of halogens is 1. The first kappa shape index (κ1) is 9.95. The smallest absolute Gasteiger partial charge is 0.269 e. The summed E-state index contributed by atoms with van der Waals surface area (Å²) in [5, 5.41) is 10.9. The molecule has 0 fully saturated rings. The van der Waals surface area contributed by atoms with Crippen LogP contribution in [0, 0.1) is 10.1 Å². The molecule has 0 aliphatic heterocycles. The predicted molar refractivity (Wildman–Crippen MR) is 50.9 cm³/mol. The molecule has 0 atom stereocenters. The van der Waals surface area contributed by atoms with E-state index in [4.69, 9.17) is 17.3 Å². The normalized spacial score (nSPS) is 10.0. The molecule has 0 unspecified atom stereocenters. The first-order chi connectivity index (χ1) is 6.15. The summed E-state index contributed by atoms with van der Waals surface area (Å²) in [6, 6.07) is 4.35. The third-order valence-electron chi connectivity index (χ3n) is 1.65. The van der Waals surface area contributed by atoms with Gasteiger partial charge >= 0.3 is 0 Å². The van der Waals surface area contributed by atoms with Gasteiger partial charge in [-0.2, -0.15) is 0 Å². The zero-order chi connectivity index (χ0) is 9.84. The van der Waals surface area contributed by atoms with Gasteiger partial charge in [-0.1, -0.05) is 11.6 Å². The Balaban J connectivity index is 3.03. The summed E-state index contributed by atoms with van der Waals surface area (Å²) >= 11 is 5.80. The molecule has 0 amide bonds. The fourth-order valence-corrected chi connectivity index (χ4v) is 1.23. The molecule has 5 heteroatoms. The topological polar surface area (TPSA) is 69.2 Å². The van der Waals surface area contributed by atoms with Gasteiger partial charge in [-0.25, -0.2) is 0 Å². The maximum absolute atomic E-state index is 10.4. The van der Waals surface area contributed by atoms with Crippen LogP contribution in [-0.2, 0) is 6.42 Å². The van der Waals surface area contributed by atoms with Crippen LogP contribution in [0.25, 0.3) is 0 Å². The molecule has 1 aromatic rings. The number of rotatable bonds is 3. The summed E-state index contributed by atoms with van der Waals surface area (Å²) in [7, 11) is 0. The monoisotopic (exact) mass is 200 g/mol. The van der Waals surface area contributed by atoms with Crippen LogP contribution in [0.4, 0.5) is 5.69 Å². The van der Waals surface area contributed by atoms with E-state index < -0.39 is 4.92 Å². The lowest BCUT2D eigenvalue weighted by Gasteiger charge is -2.01. The number of nitro groups is 1. The molecule has 0 radical (unpaired) electrons. The zero-order valence-corrected chi connectivity index (χ0v) is 7.62. The molecule has 0 spiro atoms. The molecular weight excluding hydrogens is 192 g/mol. The van der Waals surface area contributed by atoms with Crippen LogP contribution in [0.5, 0.6) is 0 Å². The van der Waals surface area contributed by atoms with E-state index in [1.807, 2.05) is 0 Å². The lowest BCUT2D eigenvalue weighted by molar-refractivity contribution is -0.384. The molecule has 0 bridgehead atoms. The fraction of sp³-hybridized carbons (Fsp3) is 0.250. The molecular formula is C8H9ClN2O2. The lowest BCUT2D eigenvalue weighted by atomic mass is 10.1. The second kappa shape index (κ2) is 4.20. The second-order valence-corrected chi connectivity index (χ2v) is 2.98. The summed E-state index contributed by atoms with van der Waals surface area (Å²) in [4.78, 5) is 9.95. The predicted octanol–water partition coefficient (Wildman–Crippen LogP) is 1.75. The van der Waals surface area contributed by atoms with Crippen LogP contribution in [0.1, 0.15) is 5.56 Å². The molecule has 4 nitrogen and oxygen atoms in total. The van der Waals surface area contributed by atoms with Gasteiger partial charge in [-0.15, -0.1) is 0 Å². The van der Waals surface area contributed by atoms with Gasteiger partial charge in [0, 0.05) is 17.2 Å². The molecule has 0 aliphatic carbocycles. The van der Waals surface area contributed by atoms with Crippen LogP contribution in [0.2, 0.25) is 5.02 Å². The molecule has 2 N–H and O–H groups in total. The SMILES string of the molecule is NCCc1cc([N+](=O)[O-])ccc1Cl. The van der Waals surface area contributed by atoms with E-state index in [9.17, 15) is 10.1 Å². The Labute approximate surface area is 80.5 Å². The summed E-state index contributed by atoms with van der Waals surface area (Å²) < 4.78 is 0. The van der Waals surface area contributed by atoms with Gasteiger partial charge in [0.1, 0.15) is 0 Å². The van der Waals surface area contributed by atoms with E-state index in [1.165, 1.54) is 18.2 Å². The standard InChI is InChI=1S/C8H9ClN2O2/c9-8-2-1-7(11(12)13)5-6(8)3-4-10/h1-2,5H,3-4,10H2. The van der Waals surface area contributed by atoms with E-state index in [0.29, 0.717) is 18.0 Å². The highest BCUT2D eigenvalue weighted by molar-refractivity contribution is 6.31. The van der Waals surface area contributed by atoms with Gasteiger partial charge in [0.25, 0.3) is 5.69 Å². The van der Waals surface area contributed by atoms with E-state index in [1.54, 1.807) is 0 Å². The number of nitrogens with two attached hydrogens (primary N) is 1. The van der Waals surface area contributed by atoms with E-state index in [-0.39, 0.29) is 5.69 Å². The molecule has 70 valence electrons. The van der Waals surface area contributed by atoms with Gasteiger partial charge in [-0.3, -0.25) is 10.1 Å². The van der Waals surface area contributed by atoms with Crippen molar-refractivity contribution in [1.82, 2.24) is 0 Å². The summed E-state index contributed by atoms with van der Waals surface area (Å²) in [6.45, 7) is 0.431. The third kappa shape index (κ3) is 2.40. The Morgan fingerprint density at radius 3 is 2.77 bits per heavy atom. The average Bonchev–Trinajstić information content (AvgIpc) is 2.08. The van der Waals surface area contributed by atoms with E-state index in [2.05, 4.69) is 0 Å². The first-order valence-electron chi connectivity index (χ1n) is 3.78. The number of hydrogen-bond donors (Lipinski definition) is 1. The lowest BCUT2D eigenvalue weighted by Crippen LogP contribution is -2.03. The van der Waals surface area contributed by atoms with Crippen molar-refractivity contribution in [3.63, 3.8) is 0 Å². The molecule has 1 rings (SSSR count). The fourth-order valence-electron chi connectivity index (χ4n) is 1.02. The maximum Gasteiger partial charge on any atom is 0.269 e. The maximum atomic E-state index is 10.4. The van der Waals surface area contributed by atoms with Crippen LogP contribution in [0.3, 0.4) is 0 Å². The largest absolute Gasteiger partial charge is 0.330 e. The second-order valence-electron chi connectivity index (χ2n) is 2.57. The molecule has 0 heterocycles. The van der Waals surface area contributed by atoms with Crippen molar-refractivity contribution >= 4 is 17.3 Å². The highest BCUT2D eigenvalue weighted by atomic mass is 35.5. The van der Waals surface area contributed by atoms with Gasteiger partial charge in [0.2, 0.25) is 0 Å². The minimum Gasteiger partial charge on any atom is -0.330 e. The van der Waals surface area contributed by atoms with E-state index in [0.717, 1.165) is 5.56 Å². The molecule has 0 saturated carbocycles. The summed E-state index contributed by atoms with van der Waals surface area (Å²) in [5.74, 6) is 0. The molecule has 0 aromatic heterocycles. The number of hydrogen-bond acceptors (Lipinski definition) is 3. The number of nitrogens with zero attached hydrogens (tertiary/aromatic N) is 1. The number of benzene rings is 1. The average molecular weight is 201 g/mol. The Hall–Kier alpha value is -1.13. The Kier molecular flexibility index (Phi) is 3.22. The van der Waals surface area contributed by atoms with Crippen molar-refractivity contribution in [3.05, 3.63) is 38.9 Å². The van der Waals surface area contributed by atoms with Crippen molar-refractivity contribution in [3.8, 4) is 0 Å². The summed E-state index contributed by atoms with van der Waals surface area (Å²) in [6.07, 6.45) is 0.556. The van der Waals surface area contributed by atoms with Gasteiger partial charge in [-0.05, 0) is 24.6 Å². The Morgan fingerprint density at radius 2 is 2.23 bits per heavy atom. The zero-order valence-electron chi connectivity index (χ0n) is 6.87. The van der Waals surface area contributed by atoms with Crippen molar-refractivity contribution in [2.24, 2.45) is 5.73 Å². The van der Waals surface area contributed by atoms with Crippen LogP contribution >= 0.6 is 11.6 Å². The first-order valence-corrected chi connectivity index (χ1v) is 4.16. The summed E-state index contributed by atoms with van der Waals surface area (Å²) in [5.41, 5.74) is 6.10. The molecule has 0 saturated heterocycles.